The van der Waals surface area contributed by atoms with Gasteiger partial charge in [0.25, 0.3) is 5.69 Å². The Kier molecular flexibility index (Phi) is 2.01. The molecule has 0 spiro atoms. The third-order valence-electron chi connectivity index (χ3n) is 2.71. The number of aromatic nitrogens is 1. The summed E-state index contributed by atoms with van der Waals surface area (Å²) in [5.41, 5.74) is 1.76. The number of rotatable bonds is 1. The van der Waals surface area contributed by atoms with E-state index < -0.39 is 4.92 Å². The first-order valence-corrected chi connectivity index (χ1v) is 5.18. The van der Waals surface area contributed by atoms with Crippen LogP contribution in [0.1, 0.15) is 0 Å². The zero-order chi connectivity index (χ0) is 11.8. The molecule has 3 rings (SSSR count). The van der Waals surface area contributed by atoms with Crippen molar-refractivity contribution in [2.75, 3.05) is 0 Å². The highest BCUT2D eigenvalue weighted by Gasteiger charge is 2.07. The van der Waals surface area contributed by atoms with Gasteiger partial charge in [-0.05, 0) is 18.2 Å². The molecule has 0 saturated carbocycles. The number of nitro groups is 1. The molecule has 0 bridgehead atoms. The summed E-state index contributed by atoms with van der Waals surface area (Å²) in [6, 6.07) is 14.3. The summed E-state index contributed by atoms with van der Waals surface area (Å²) < 4.78 is 0. The molecule has 0 aliphatic rings. The summed E-state index contributed by atoms with van der Waals surface area (Å²) >= 11 is 0. The van der Waals surface area contributed by atoms with Gasteiger partial charge in [0, 0.05) is 22.9 Å². The van der Waals surface area contributed by atoms with Crippen LogP contribution in [-0.4, -0.2) is 9.91 Å². The number of fused-ring (bicyclic) bond motifs is 2. The van der Waals surface area contributed by atoms with Crippen molar-refractivity contribution in [1.29, 1.82) is 0 Å². The van der Waals surface area contributed by atoms with Crippen LogP contribution in [-0.2, 0) is 0 Å². The second kappa shape index (κ2) is 3.52. The summed E-state index contributed by atoms with van der Waals surface area (Å²) in [5.74, 6) is 0. The highest BCUT2D eigenvalue weighted by atomic mass is 16.6. The molecule has 82 valence electrons. The maximum absolute atomic E-state index is 10.7. The van der Waals surface area contributed by atoms with E-state index in [0.717, 1.165) is 21.8 Å². The predicted molar refractivity (Wildman–Crippen MR) is 65.9 cm³/mol. The maximum atomic E-state index is 10.7. The maximum Gasteiger partial charge on any atom is 0.270 e. The molecule has 0 radical (unpaired) electrons. The number of para-hydroxylation sites is 1. The molecule has 2 aromatic carbocycles. The minimum absolute atomic E-state index is 0.0922. The van der Waals surface area contributed by atoms with E-state index in [1.165, 1.54) is 6.07 Å². The zero-order valence-electron chi connectivity index (χ0n) is 8.83. The lowest BCUT2D eigenvalue weighted by molar-refractivity contribution is -0.384. The predicted octanol–water partition coefficient (Wildman–Crippen LogP) is 3.30. The van der Waals surface area contributed by atoms with Gasteiger partial charge in [0.2, 0.25) is 0 Å². The number of nitrogens with zero attached hydrogens (tertiary/aromatic N) is 2. The van der Waals surface area contributed by atoms with E-state index in [1.54, 1.807) is 12.1 Å². The van der Waals surface area contributed by atoms with Gasteiger partial charge in [-0.2, -0.15) is 0 Å². The number of non-ortho nitro benzene ring substituents is 1. The van der Waals surface area contributed by atoms with E-state index in [9.17, 15) is 10.1 Å². The van der Waals surface area contributed by atoms with Crippen LogP contribution >= 0.6 is 0 Å². The number of hydrogen-bond acceptors (Lipinski definition) is 3. The number of nitro benzene ring substituents is 1. The van der Waals surface area contributed by atoms with Crippen LogP contribution in [0.2, 0.25) is 0 Å². The Balaban J connectivity index is 2.36. The Morgan fingerprint density at radius 3 is 2.53 bits per heavy atom. The molecule has 1 heterocycles. The average Bonchev–Trinajstić information content (AvgIpc) is 2.35. The fourth-order valence-electron chi connectivity index (χ4n) is 1.88. The molecule has 0 fully saturated rings. The zero-order valence-corrected chi connectivity index (χ0v) is 8.83. The van der Waals surface area contributed by atoms with Gasteiger partial charge in [-0.25, -0.2) is 4.98 Å². The van der Waals surface area contributed by atoms with Crippen molar-refractivity contribution in [1.82, 2.24) is 4.98 Å². The van der Waals surface area contributed by atoms with Crippen LogP contribution < -0.4 is 0 Å². The van der Waals surface area contributed by atoms with Crippen LogP contribution in [0, 0.1) is 10.1 Å². The summed E-state index contributed by atoms with van der Waals surface area (Å²) in [6.07, 6.45) is 0. The molecule has 0 aliphatic heterocycles. The Labute approximate surface area is 96.7 Å². The van der Waals surface area contributed by atoms with E-state index in [2.05, 4.69) is 4.98 Å². The lowest BCUT2D eigenvalue weighted by Gasteiger charge is -2.01. The average molecular weight is 224 g/mol. The molecule has 3 aromatic rings. The van der Waals surface area contributed by atoms with Gasteiger partial charge in [0.05, 0.1) is 16.0 Å². The molecule has 1 aromatic heterocycles. The molecule has 0 atom stereocenters. The van der Waals surface area contributed by atoms with E-state index in [1.807, 2.05) is 30.3 Å². The monoisotopic (exact) mass is 224 g/mol. The molecule has 0 amide bonds. The van der Waals surface area contributed by atoms with E-state index in [0.29, 0.717) is 0 Å². The van der Waals surface area contributed by atoms with Gasteiger partial charge in [-0.15, -0.1) is 0 Å². The van der Waals surface area contributed by atoms with Gasteiger partial charge >= 0.3 is 0 Å². The van der Waals surface area contributed by atoms with Crippen LogP contribution in [0.4, 0.5) is 5.69 Å². The quantitative estimate of drug-likeness (QED) is 0.362. The molecule has 0 aliphatic carbocycles. The van der Waals surface area contributed by atoms with Gasteiger partial charge < -0.3 is 0 Å². The van der Waals surface area contributed by atoms with Crippen LogP contribution in [0.5, 0.6) is 0 Å². The first kappa shape index (κ1) is 9.72. The normalized spacial score (nSPS) is 10.8. The minimum atomic E-state index is -0.394. The summed E-state index contributed by atoms with van der Waals surface area (Å²) in [6.45, 7) is 0. The van der Waals surface area contributed by atoms with Crippen molar-refractivity contribution >= 4 is 27.5 Å². The minimum Gasteiger partial charge on any atom is -0.258 e. The van der Waals surface area contributed by atoms with Crippen LogP contribution in [0.25, 0.3) is 21.8 Å². The number of hydrogen-bond donors (Lipinski definition) is 0. The Bertz CT molecular complexity index is 738. The van der Waals surface area contributed by atoms with Crippen molar-refractivity contribution in [3.8, 4) is 0 Å². The molecule has 0 saturated heterocycles. The number of benzene rings is 2. The summed E-state index contributed by atoms with van der Waals surface area (Å²) in [5, 5.41) is 12.5. The summed E-state index contributed by atoms with van der Waals surface area (Å²) in [7, 11) is 0. The Morgan fingerprint density at radius 2 is 1.71 bits per heavy atom. The lowest BCUT2D eigenvalue weighted by atomic mass is 10.1. The molecule has 17 heavy (non-hydrogen) atoms. The van der Waals surface area contributed by atoms with Gasteiger partial charge in [0.15, 0.2) is 0 Å². The van der Waals surface area contributed by atoms with Gasteiger partial charge in [-0.1, -0.05) is 18.2 Å². The topological polar surface area (TPSA) is 56.0 Å². The lowest BCUT2D eigenvalue weighted by Crippen LogP contribution is -1.88. The molecular weight excluding hydrogens is 216 g/mol. The second-order valence-corrected chi connectivity index (χ2v) is 3.82. The molecule has 0 unspecified atom stereocenters. The molecule has 0 N–H and O–H groups in total. The van der Waals surface area contributed by atoms with E-state index in [4.69, 9.17) is 0 Å². The SMILES string of the molecule is O=[N+]([O-])c1ccc2nc3ccccc3cc2c1. The van der Waals surface area contributed by atoms with Crippen molar-refractivity contribution < 1.29 is 4.92 Å². The smallest absolute Gasteiger partial charge is 0.258 e. The van der Waals surface area contributed by atoms with Gasteiger partial charge in [-0.3, -0.25) is 10.1 Å². The fourth-order valence-corrected chi connectivity index (χ4v) is 1.88. The third kappa shape index (κ3) is 1.59. The highest BCUT2D eigenvalue weighted by molar-refractivity contribution is 5.93. The largest absolute Gasteiger partial charge is 0.270 e. The summed E-state index contributed by atoms with van der Waals surface area (Å²) in [4.78, 5) is 14.8. The van der Waals surface area contributed by atoms with E-state index in [-0.39, 0.29) is 5.69 Å². The Hall–Kier alpha value is -2.49. The molecule has 4 heteroatoms. The fraction of sp³-hybridized carbons (Fsp3) is 0. The van der Waals surface area contributed by atoms with Crippen molar-refractivity contribution in [3.05, 3.63) is 58.6 Å². The van der Waals surface area contributed by atoms with E-state index >= 15 is 0 Å². The standard InChI is InChI=1S/C13H8N2O2/c16-15(17)11-5-6-13-10(8-11)7-9-3-1-2-4-12(9)14-13/h1-8H. The second-order valence-electron chi connectivity index (χ2n) is 3.82. The van der Waals surface area contributed by atoms with Crippen molar-refractivity contribution in [2.24, 2.45) is 0 Å². The van der Waals surface area contributed by atoms with Crippen LogP contribution in [0.15, 0.2) is 48.5 Å². The van der Waals surface area contributed by atoms with Crippen molar-refractivity contribution in [3.63, 3.8) is 0 Å². The van der Waals surface area contributed by atoms with Crippen molar-refractivity contribution in [2.45, 2.75) is 0 Å². The third-order valence-corrected chi connectivity index (χ3v) is 2.71. The number of pyridine rings is 1. The first-order valence-electron chi connectivity index (χ1n) is 5.18. The first-order chi connectivity index (χ1) is 8.24. The Morgan fingerprint density at radius 1 is 0.941 bits per heavy atom. The van der Waals surface area contributed by atoms with Gasteiger partial charge in [0.1, 0.15) is 0 Å². The molecular formula is C13H8N2O2. The van der Waals surface area contributed by atoms with Crippen LogP contribution in [0.3, 0.4) is 0 Å². The molecule has 4 nitrogen and oxygen atoms in total. The highest BCUT2D eigenvalue weighted by Crippen LogP contribution is 2.23.